The second-order valence-electron chi connectivity index (χ2n) is 2.96. The van der Waals surface area contributed by atoms with Crippen LogP contribution in [0.2, 0.25) is 0 Å². The van der Waals surface area contributed by atoms with Crippen molar-refractivity contribution in [2.45, 2.75) is 0 Å². The number of pyridine rings is 1. The molecule has 0 spiro atoms. The van der Waals surface area contributed by atoms with Gasteiger partial charge >= 0.3 is 5.97 Å². The SMILES string of the molecule is C#Cc1cccc(N(C)CC(=O)OC)n1. The van der Waals surface area contributed by atoms with Crippen LogP contribution in [0.4, 0.5) is 5.82 Å². The summed E-state index contributed by atoms with van der Waals surface area (Å²) in [4.78, 5) is 16.9. The molecular weight excluding hydrogens is 192 g/mol. The number of ether oxygens (including phenoxy) is 1. The van der Waals surface area contributed by atoms with Gasteiger partial charge in [0.1, 0.15) is 18.1 Å². The average Bonchev–Trinajstić information content (AvgIpc) is 2.28. The number of esters is 1. The van der Waals surface area contributed by atoms with Gasteiger partial charge in [-0.3, -0.25) is 4.79 Å². The molecule has 0 N–H and O–H groups in total. The lowest BCUT2D eigenvalue weighted by Crippen LogP contribution is -2.27. The fourth-order valence-electron chi connectivity index (χ4n) is 1.06. The molecule has 1 aromatic heterocycles. The van der Waals surface area contributed by atoms with E-state index in [9.17, 15) is 4.79 Å². The first-order valence-electron chi connectivity index (χ1n) is 4.39. The first-order chi connectivity index (χ1) is 7.17. The Bertz CT molecular complexity index is 396. The first-order valence-corrected chi connectivity index (χ1v) is 4.39. The summed E-state index contributed by atoms with van der Waals surface area (Å²) < 4.78 is 4.55. The van der Waals surface area contributed by atoms with Crippen molar-refractivity contribution in [3.63, 3.8) is 0 Å². The average molecular weight is 204 g/mol. The number of hydrogen-bond acceptors (Lipinski definition) is 4. The van der Waals surface area contributed by atoms with Crippen LogP contribution in [0.25, 0.3) is 0 Å². The summed E-state index contributed by atoms with van der Waals surface area (Å²) in [6, 6.07) is 5.31. The van der Waals surface area contributed by atoms with Gasteiger partial charge in [0.2, 0.25) is 0 Å². The molecule has 0 saturated carbocycles. The van der Waals surface area contributed by atoms with Crippen LogP contribution < -0.4 is 4.90 Å². The van der Waals surface area contributed by atoms with Gasteiger partial charge in [0.05, 0.1) is 7.11 Å². The Labute approximate surface area is 88.9 Å². The lowest BCUT2D eigenvalue weighted by molar-refractivity contribution is -0.138. The van der Waals surface area contributed by atoms with Crippen LogP contribution in [0.15, 0.2) is 18.2 Å². The number of rotatable bonds is 3. The van der Waals surface area contributed by atoms with Crippen molar-refractivity contribution in [1.29, 1.82) is 0 Å². The summed E-state index contributed by atoms with van der Waals surface area (Å²) in [6.45, 7) is 0.150. The van der Waals surface area contributed by atoms with Crippen LogP contribution in [0.3, 0.4) is 0 Å². The van der Waals surface area contributed by atoms with Gasteiger partial charge in [-0.25, -0.2) is 4.98 Å². The minimum absolute atomic E-state index is 0.150. The third kappa shape index (κ3) is 2.99. The van der Waals surface area contributed by atoms with Crippen LogP contribution in [-0.4, -0.2) is 31.7 Å². The fraction of sp³-hybridized carbons (Fsp3) is 0.273. The monoisotopic (exact) mass is 204 g/mol. The van der Waals surface area contributed by atoms with Crippen molar-refractivity contribution < 1.29 is 9.53 Å². The van der Waals surface area contributed by atoms with Gasteiger partial charge in [0.25, 0.3) is 0 Å². The number of terminal acetylenes is 1. The molecule has 0 aliphatic rings. The normalized spacial score (nSPS) is 9.13. The lowest BCUT2D eigenvalue weighted by Gasteiger charge is -2.16. The summed E-state index contributed by atoms with van der Waals surface area (Å²) in [5.41, 5.74) is 0.546. The number of nitrogens with zero attached hydrogens (tertiary/aromatic N) is 2. The van der Waals surface area contributed by atoms with Crippen molar-refractivity contribution in [3.8, 4) is 12.3 Å². The highest BCUT2D eigenvalue weighted by molar-refractivity contribution is 5.75. The number of aromatic nitrogens is 1. The van der Waals surface area contributed by atoms with Crippen molar-refractivity contribution in [2.24, 2.45) is 0 Å². The highest BCUT2D eigenvalue weighted by atomic mass is 16.5. The molecule has 0 radical (unpaired) electrons. The second kappa shape index (κ2) is 5.01. The standard InChI is InChI=1S/C11H12N2O2/c1-4-9-6-5-7-10(12-9)13(2)8-11(14)15-3/h1,5-7H,8H2,2-3H3. The van der Waals surface area contributed by atoms with Crippen molar-refractivity contribution >= 4 is 11.8 Å². The van der Waals surface area contributed by atoms with Crippen LogP contribution in [-0.2, 0) is 9.53 Å². The Morgan fingerprint density at radius 1 is 1.67 bits per heavy atom. The number of carbonyl (C=O) groups excluding carboxylic acids is 1. The largest absolute Gasteiger partial charge is 0.468 e. The van der Waals surface area contributed by atoms with Crippen LogP contribution in [0.1, 0.15) is 5.69 Å². The molecule has 0 unspecified atom stereocenters. The molecule has 78 valence electrons. The molecule has 0 atom stereocenters. The third-order valence-corrected chi connectivity index (χ3v) is 1.87. The fourth-order valence-corrected chi connectivity index (χ4v) is 1.06. The van der Waals surface area contributed by atoms with Gasteiger partial charge in [-0.1, -0.05) is 12.0 Å². The second-order valence-corrected chi connectivity index (χ2v) is 2.96. The van der Waals surface area contributed by atoms with E-state index >= 15 is 0 Å². The van der Waals surface area contributed by atoms with Crippen molar-refractivity contribution in [1.82, 2.24) is 4.98 Å². The number of hydrogen-bond donors (Lipinski definition) is 0. The van der Waals surface area contributed by atoms with E-state index < -0.39 is 0 Å². The molecule has 4 nitrogen and oxygen atoms in total. The van der Waals surface area contributed by atoms with E-state index in [0.29, 0.717) is 11.5 Å². The zero-order valence-electron chi connectivity index (χ0n) is 8.73. The summed E-state index contributed by atoms with van der Waals surface area (Å²) in [6.07, 6.45) is 5.22. The van der Waals surface area contributed by atoms with E-state index in [-0.39, 0.29) is 12.5 Å². The maximum absolute atomic E-state index is 11.0. The lowest BCUT2D eigenvalue weighted by atomic mass is 10.3. The Balaban J connectivity index is 2.78. The molecule has 0 bridgehead atoms. The van der Waals surface area contributed by atoms with E-state index in [1.165, 1.54) is 7.11 Å². The maximum atomic E-state index is 11.0. The first kappa shape index (κ1) is 11.1. The van der Waals surface area contributed by atoms with Crippen LogP contribution >= 0.6 is 0 Å². The van der Waals surface area contributed by atoms with E-state index in [0.717, 1.165) is 0 Å². The molecule has 0 aliphatic heterocycles. The molecular formula is C11H12N2O2. The predicted molar refractivity (Wildman–Crippen MR) is 57.5 cm³/mol. The highest BCUT2D eigenvalue weighted by Gasteiger charge is 2.08. The van der Waals surface area contributed by atoms with Gasteiger partial charge in [-0.05, 0) is 12.1 Å². The van der Waals surface area contributed by atoms with Crippen LogP contribution in [0.5, 0.6) is 0 Å². The Morgan fingerprint density at radius 2 is 2.40 bits per heavy atom. The van der Waals surface area contributed by atoms with Gasteiger partial charge in [0.15, 0.2) is 0 Å². The summed E-state index contributed by atoms with van der Waals surface area (Å²) in [5, 5.41) is 0. The molecule has 0 saturated heterocycles. The number of anilines is 1. The zero-order chi connectivity index (χ0) is 11.3. The van der Waals surface area contributed by atoms with Crippen LogP contribution in [0, 0.1) is 12.3 Å². The molecule has 1 heterocycles. The zero-order valence-corrected chi connectivity index (χ0v) is 8.73. The highest BCUT2D eigenvalue weighted by Crippen LogP contribution is 2.08. The summed E-state index contributed by atoms with van der Waals surface area (Å²) >= 11 is 0. The number of methoxy groups -OCH3 is 1. The molecule has 0 aromatic carbocycles. The van der Waals surface area contributed by atoms with Crippen molar-refractivity contribution in [2.75, 3.05) is 25.6 Å². The summed E-state index contributed by atoms with van der Waals surface area (Å²) in [5.74, 6) is 2.77. The predicted octanol–water partition coefficient (Wildman–Crippen LogP) is 0.672. The number of likely N-dealkylation sites (N-methyl/N-ethyl adjacent to an activating group) is 1. The maximum Gasteiger partial charge on any atom is 0.325 e. The quantitative estimate of drug-likeness (QED) is 0.536. The Hall–Kier alpha value is -2.02. The smallest absolute Gasteiger partial charge is 0.325 e. The number of carbonyl (C=O) groups is 1. The minimum Gasteiger partial charge on any atom is -0.468 e. The van der Waals surface area contributed by atoms with Gasteiger partial charge < -0.3 is 9.64 Å². The molecule has 1 rings (SSSR count). The molecule has 15 heavy (non-hydrogen) atoms. The van der Waals surface area contributed by atoms with Gasteiger partial charge in [-0.15, -0.1) is 6.42 Å². The Kier molecular flexibility index (Phi) is 3.69. The van der Waals surface area contributed by atoms with Gasteiger partial charge in [0, 0.05) is 7.05 Å². The molecule has 4 heteroatoms. The Morgan fingerprint density at radius 3 is 3.00 bits per heavy atom. The summed E-state index contributed by atoms with van der Waals surface area (Å²) in [7, 11) is 3.10. The van der Waals surface area contributed by atoms with E-state index in [1.54, 1.807) is 30.1 Å². The molecule has 0 amide bonds. The molecule has 0 fully saturated rings. The van der Waals surface area contributed by atoms with E-state index in [1.807, 2.05) is 0 Å². The third-order valence-electron chi connectivity index (χ3n) is 1.87. The van der Waals surface area contributed by atoms with E-state index in [2.05, 4.69) is 15.6 Å². The minimum atomic E-state index is -0.314. The topological polar surface area (TPSA) is 42.4 Å². The molecule has 1 aromatic rings. The van der Waals surface area contributed by atoms with E-state index in [4.69, 9.17) is 6.42 Å². The van der Waals surface area contributed by atoms with Gasteiger partial charge in [-0.2, -0.15) is 0 Å². The van der Waals surface area contributed by atoms with Crippen molar-refractivity contribution in [3.05, 3.63) is 23.9 Å². The molecule has 0 aliphatic carbocycles.